The van der Waals surface area contributed by atoms with E-state index in [9.17, 15) is 9.59 Å². The Morgan fingerprint density at radius 2 is 1.83 bits per heavy atom. The monoisotopic (exact) mass is 420 g/mol. The van der Waals surface area contributed by atoms with Gasteiger partial charge in [0.1, 0.15) is 5.00 Å². The fourth-order valence-corrected chi connectivity index (χ4v) is 4.36. The van der Waals surface area contributed by atoms with Crippen molar-refractivity contribution in [2.75, 3.05) is 5.32 Å². The smallest absolute Gasteiger partial charge is 0.266 e. The van der Waals surface area contributed by atoms with Crippen LogP contribution in [0.1, 0.15) is 25.6 Å². The molecule has 0 radical (unpaired) electrons. The van der Waals surface area contributed by atoms with Crippen molar-refractivity contribution in [2.45, 2.75) is 6.92 Å². The number of rotatable bonds is 4. The highest BCUT2D eigenvalue weighted by molar-refractivity contribution is 9.10. The number of nitrogens with one attached hydrogen (secondary N) is 1. The Morgan fingerprint density at radius 3 is 2.42 bits per heavy atom. The Hall–Kier alpha value is -1.96. The van der Waals surface area contributed by atoms with Crippen LogP contribution in [0.25, 0.3) is 11.1 Å². The second kappa shape index (κ2) is 6.88. The molecule has 0 unspecified atom stereocenters. The van der Waals surface area contributed by atoms with Crippen LogP contribution in [0.5, 0.6) is 0 Å². The third-order valence-electron chi connectivity index (χ3n) is 3.49. The van der Waals surface area contributed by atoms with E-state index in [4.69, 9.17) is 5.73 Å². The van der Waals surface area contributed by atoms with Gasteiger partial charge in [-0.05, 0) is 41.6 Å². The number of carbonyl (C=O) groups excluding carboxylic acids is 2. The topological polar surface area (TPSA) is 72.2 Å². The Kier molecular flexibility index (Phi) is 4.84. The maximum atomic E-state index is 12.4. The van der Waals surface area contributed by atoms with E-state index in [1.165, 1.54) is 22.7 Å². The summed E-state index contributed by atoms with van der Waals surface area (Å²) in [6.45, 7) is 1.88. The molecule has 4 nitrogen and oxygen atoms in total. The molecule has 0 aliphatic heterocycles. The number of thiophene rings is 2. The molecule has 0 saturated carbocycles. The molecular formula is C17H13BrN2O2S2. The lowest BCUT2D eigenvalue weighted by Gasteiger charge is -2.06. The minimum atomic E-state index is -0.563. The first kappa shape index (κ1) is 16.9. The molecule has 2 amide bonds. The second-order valence-electron chi connectivity index (χ2n) is 5.11. The molecule has 0 atom stereocenters. The molecule has 122 valence electrons. The Balaban J connectivity index is 1.98. The van der Waals surface area contributed by atoms with Crippen molar-refractivity contribution in [3.8, 4) is 11.1 Å². The maximum Gasteiger partial charge on any atom is 0.266 e. The molecule has 3 aromatic rings. The predicted octanol–water partition coefficient (Wildman–Crippen LogP) is 4.90. The van der Waals surface area contributed by atoms with Gasteiger partial charge < -0.3 is 11.1 Å². The molecule has 0 saturated heterocycles. The Labute approximate surface area is 155 Å². The number of hydrogen-bond acceptors (Lipinski definition) is 4. The van der Waals surface area contributed by atoms with E-state index in [0.717, 1.165) is 21.2 Å². The van der Waals surface area contributed by atoms with Gasteiger partial charge in [0.15, 0.2) is 0 Å². The number of halogens is 1. The molecule has 0 spiro atoms. The molecule has 1 aromatic carbocycles. The fourth-order valence-electron chi connectivity index (χ4n) is 2.30. The normalized spacial score (nSPS) is 10.6. The van der Waals surface area contributed by atoms with Gasteiger partial charge in [-0.15, -0.1) is 22.7 Å². The molecule has 0 bridgehead atoms. The molecule has 24 heavy (non-hydrogen) atoms. The first-order valence-corrected chi connectivity index (χ1v) is 9.55. The van der Waals surface area contributed by atoms with Crippen LogP contribution in [0.15, 0.2) is 45.6 Å². The molecule has 7 heteroatoms. The highest BCUT2D eigenvalue weighted by atomic mass is 79.9. The molecule has 2 aromatic heterocycles. The van der Waals surface area contributed by atoms with Crippen molar-refractivity contribution >= 4 is 55.4 Å². The van der Waals surface area contributed by atoms with E-state index >= 15 is 0 Å². The van der Waals surface area contributed by atoms with Gasteiger partial charge in [-0.2, -0.15) is 0 Å². The van der Waals surface area contributed by atoms with Gasteiger partial charge in [0.2, 0.25) is 0 Å². The SMILES string of the molecule is Cc1ccsc1C(=O)Nc1scc(-c2ccc(Br)cc2)c1C(N)=O. The second-order valence-corrected chi connectivity index (χ2v) is 7.82. The van der Waals surface area contributed by atoms with Gasteiger partial charge >= 0.3 is 0 Å². The number of benzene rings is 1. The molecular weight excluding hydrogens is 408 g/mol. The van der Waals surface area contributed by atoms with Crippen molar-refractivity contribution in [2.24, 2.45) is 5.73 Å². The average molecular weight is 421 g/mol. The van der Waals surface area contributed by atoms with Crippen LogP contribution >= 0.6 is 38.6 Å². The first-order valence-electron chi connectivity index (χ1n) is 7.00. The molecule has 2 heterocycles. The summed E-state index contributed by atoms with van der Waals surface area (Å²) in [6.07, 6.45) is 0. The summed E-state index contributed by atoms with van der Waals surface area (Å²) in [7, 11) is 0. The minimum absolute atomic E-state index is 0.228. The van der Waals surface area contributed by atoms with Gasteiger partial charge in [0.25, 0.3) is 11.8 Å². The summed E-state index contributed by atoms with van der Waals surface area (Å²) in [5.74, 6) is -0.790. The van der Waals surface area contributed by atoms with Crippen LogP contribution in [-0.2, 0) is 0 Å². The first-order chi connectivity index (χ1) is 11.5. The highest BCUT2D eigenvalue weighted by Crippen LogP contribution is 2.36. The van der Waals surface area contributed by atoms with Crippen molar-refractivity contribution in [3.05, 3.63) is 61.6 Å². The summed E-state index contributed by atoms with van der Waals surface area (Å²) in [4.78, 5) is 25.0. The summed E-state index contributed by atoms with van der Waals surface area (Å²) in [6, 6.07) is 9.47. The van der Waals surface area contributed by atoms with Gasteiger partial charge in [-0.3, -0.25) is 9.59 Å². The minimum Gasteiger partial charge on any atom is -0.365 e. The third-order valence-corrected chi connectivity index (χ3v) is 5.93. The molecule has 3 rings (SSSR count). The van der Waals surface area contributed by atoms with Crippen LogP contribution in [0, 0.1) is 6.92 Å². The number of carbonyl (C=O) groups is 2. The number of amides is 2. The van der Waals surface area contributed by atoms with Crippen LogP contribution in [-0.4, -0.2) is 11.8 Å². The van der Waals surface area contributed by atoms with Crippen molar-refractivity contribution in [1.29, 1.82) is 0 Å². The Morgan fingerprint density at radius 1 is 1.12 bits per heavy atom. The van der Waals surface area contributed by atoms with E-state index in [0.29, 0.717) is 15.4 Å². The van der Waals surface area contributed by atoms with Crippen LogP contribution in [0.2, 0.25) is 0 Å². The number of primary amides is 1. The van der Waals surface area contributed by atoms with Crippen molar-refractivity contribution < 1.29 is 9.59 Å². The van der Waals surface area contributed by atoms with E-state index in [1.807, 2.05) is 48.0 Å². The zero-order valence-corrected chi connectivity index (χ0v) is 15.8. The summed E-state index contributed by atoms with van der Waals surface area (Å²) in [5, 5.41) is 6.98. The van der Waals surface area contributed by atoms with Crippen LogP contribution < -0.4 is 11.1 Å². The zero-order chi connectivity index (χ0) is 17.3. The number of hydrogen-bond donors (Lipinski definition) is 2. The lowest BCUT2D eigenvalue weighted by molar-refractivity contribution is 0.100. The summed E-state index contributed by atoms with van der Waals surface area (Å²) in [5.41, 5.74) is 8.40. The van der Waals surface area contributed by atoms with Gasteiger partial charge in [0, 0.05) is 15.4 Å². The van der Waals surface area contributed by atoms with Gasteiger partial charge in [0.05, 0.1) is 10.4 Å². The van der Waals surface area contributed by atoms with Crippen molar-refractivity contribution in [3.63, 3.8) is 0 Å². The number of aryl methyl sites for hydroxylation is 1. The average Bonchev–Trinajstić information content (AvgIpc) is 3.14. The fraction of sp³-hybridized carbons (Fsp3) is 0.0588. The number of anilines is 1. The zero-order valence-electron chi connectivity index (χ0n) is 12.6. The number of nitrogens with two attached hydrogens (primary N) is 1. The Bertz CT molecular complexity index is 913. The van der Waals surface area contributed by atoms with Crippen molar-refractivity contribution in [1.82, 2.24) is 0 Å². The summed E-state index contributed by atoms with van der Waals surface area (Å²) >= 11 is 6.05. The lowest BCUT2D eigenvalue weighted by atomic mass is 10.0. The molecule has 0 fully saturated rings. The quantitative estimate of drug-likeness (QED) is 0.629. The van der Waals surface area contributed by atoms with E-state index in [-0.39, 0.29) is 5.91 Å². The van der Waals surface area contributed by atoms with E-state index in [2.05, 4.69) is 21.2 Å². The standard InChI is InChI=1S/C17H13BrN2O2S2/c1-9-6-7-23-14(9)16(22)20-17-13(15(19)21)12(8-24-17)10-2-4-11(18)5-3-10/h2-8H,1H3,(H2,19,21)(H,20,22). The largest absolute Gasteiger partial charge is 0.365 e. The predicted molar refractivity (Wildman–Crippen MR) is 103 cm³/mol. The van der Waals surface area contributed by atoms with Crippen LogP contribution in [0.3, 0.4) is 0 Å². The van der Waals surface area contributed by atoms with Gasteiger partial charge in [-0.1, -0.05) is 28.1 Å². The molecule has 0 aliphatic rings. The summed E-state index contributed by atoms with van der Waals surface area (Å²) < 4.78 is 0.948. The molecule has 0 aliphatic carbocycles. The maximum absolute atomic E-state index is 12.4. The third kappa shape index (κ3) is 3.28. The van der Waals surface area contributed by atoms with E-state index in [1.54, 1.807) is 0 Å². The lowest BCUT2D eigenvalue weighted by Crippen LogP contribution is -2.17. The molecule has 3 N–H and O–H groups in total. The van der Waals surface area contributed by atoms with Gasteiger partial charge in [-0.25, -0.2) is 0 Å². The van der Waals surface area contributed by atoms with E-state index < -0.39 is 5.91 Å². The highest BCUT2D eigenvalue weighted by Gasteiger charge is 2.21. The van der Waals surface area contributed by atoms with Crippen LogP contribution in [0.4, 0.5) is 5.00 Å².